The molecule has 5 N–H and O–H groups in total. The van der Waals surface area contributed by atoms with Gasteiger partial charge in [-0.2, -0.15) is 0 Å². The highest BCUT2D eigenvalue weighted by atomic mass is 16.5. The summed E-state index contributed by atoms with van der Waals surface area (Å²) in [5.41, 5.74) is 11.4. The number of ether oxygens (including phenoxy) is 1. The van der Waals surface area contributed by atoms with Gasteiger partial charge in [0.25, 0.3) is 11.8 Å². The molecule has 0 aliphatic rings. The van der Waals surface area contributed by atoms with Crippen LogP contribution >= 0.6 is 0 Å². The molecule has 0 aliphatic heterocycles. The van der Waals surface area contributed by atoms with Crippen molar-refractivity contribution in [1.82, 2.24) is 5.32 Å². The molecule has 0 unspecified atom stereocenters. The van der Waals surface area contributed by atoms with E-state index in [4.69, 9.17) is 20.6 Å². The number of anilines is 1. The van der Waals surface area contributed by atoms with Crippen LogP contribution in [0.25, 0.3) is 0 Å². The minimum atomic E-state index is -0.623. The Balaban J connectivity index is 2.03. The van der Waals surface area contributed by atoms with Crippen LogP contribution in [0.15, 0.2) is 41.0 Å². The lowest BCUT2D eigenvalue weighted by Crippen LogP contribution is -2.23. The molecule has 2 aromatic rings. The Hall–Kier alpha value is -2.96. The molecular formula is C14H15N3O4. The van der Waals surface area contributed by atoms with Gasteiger partial charge in [-0.15, -0.1) is 0 Å². The number of nitrogens with two attached hydrogens (primary N) is 2. The molecule has 2 amide bonds. The molecule has 1 aromatic carbocycles. The molecule has 110 valence electrons. The predicted octanol–water partition coefficient (Wildman–Crippen LogP) is 0.656. The van der Waals surface area contributed by atoms with Gasteiger partial charge in [0.15, 0.2) is 6.61 Å². The second kappa shape index (κ2) is 6.47. The fourth-order valence-corrected chi connectivity index (χ4v) is 1.63. The molecule has 0 bridgehead atoms. The Morgan fingerprint density at radius 1 is 1.29 bits per heavy atom. The third kappa shape index (κ3) is 4.00. The first-order chi connectivity index (χ1) is 10.1. The van der Waals surface area contributed by atoms with E-state index < -0.39 is 5.91 Å². The number of hydrogen-bond acceptors (Lipinski definition) is 5. The molecule has 0 aliphatic carbocycles. The van der Waals surface area contributed by atoms with E-state index in [1.54, 1.807) is 18.2 Å². The van der Waals surface area contributed by atoms with Crippen molar-refractivity contribution in [2.75, 3.05) is 12.3 Å². The summed E-state index contributed by atoms with van der Waals surface area (Å²) in [4.78, 5) is 22.7. The summed E-state index contributed by atoms with van der Waals surface area (Å²) in [5, 5.41) is 2.69. The van der Waals surface area contributed by atoms with Crippen molar-refractivity contribution in [2.24, 2.45) is 5.73 Å². The molecule has 7 nitrogen and oxygen atoms in total. The number of nitrogen functional groups attached to an aromatic ring is 1. The van der Waals surface area contributed by atoms with Gasteiger partial charge in [-0.3, -0.25) is 9.59 Å². The maximum Gasteiger partial charge on any atom is 0.255 e. The maximum absolute atomic E-state index is 12.0. The van der Waals surface area contributed by atoms with Gasteiger partial charge in [0.05, 0.1) is 18.5 Å². The molecule has 7 heteroatoms. The van der Waals surface area contributed by atoms with Crippen LogP contribution in [-0.4, -0.2) is 18.4 Å². The average Bonchev–Trinajstić information content (AvgIpc) is 2.97. The van der Waals surface area contributed by atoms with Crippen molar-refractivity contribution in [3.63, 3.8) is 0 Å². The summed E-state index contributed by atoms with van der Waals surface area (Å²) in [6, 6.07) is 8.03. The molecule has 21 heavy (non-hydrogen) atoms. The highest BCUT2D eigenvalue weighted by molar-refractivity contribution is 5.95. The van der Waals surface area contributed by atoms with E-state index in [0.29, 0.717) is 17.0 Å². The van der Waals surface area contributed by atoms with Crippen molar-refractivity contribution < 1.29 is 18.7 Å². The van der Waals surface area contributed by atoms with Gasteiger partial charge in [0.1, 0.15) is 11.5 Å². The average molecular weight is 289 g/mol. The summed E-state index contributed by atoms with van der Waals surface area (Å²) in [5.74, 6) is -0.0548. The highest BCUT2D eigenvalue weighted by Gasteiger charge is 2.10. The van der Waals surface area contributed by atoms with E-state index in [-0.39, 0.29) is 24.8 Å². The summed E-state index contributed by atoms with van der Waals surface area (Å²) >= 11 is 0. The van der Waals surface area contributed by atoms with Crippen molar-refractivity contribution in [1.29, 1.82) is 0 Å². The van der Waals surface area contributed by atoms with Gasteiger partial charge in [-0.1, -0.05) is 0 Å². The predicted molar refractivity (Wildman–Crippen MR) is 75.4 cm³/mol. The van der Waals surface area contributed by atoms with Gasteiger partial charge in [0, 0.05) is 5.56 Å². The number of rotatable bonds is 6. The Bertz CT molecular complexity index is 638. The van der Waals surface area contributed by atoms with Crippen molar-refractivity contribution >= 4 is 17.5 Å². The van der Waals surface area contributed by atoms with Crippen molar-refractivity contribution in [3.05, 3.63) is 47.9 Å². The largest absolute Gasteiger partial charge is 0.482 e. The maximum atomic E-state index is 12.0. The summed E-state index contributed by atoms with van der Waals surface area (Å²) < 4.78 is 10.3. The fraction of sp³-hybridized carbons (Fsp3) is 0.143. The first-order valence-corrected chi connectivity index (χ1v) is 6.17. The molecule has 2 rings (SSSR count). The van der Waals surface area contributed by atoms with Crippen molar-refractivity contribution in [3.8, 4) is 5.75 Å². The Kier molecular flexibility index (Phi) is 4.45. The molecule has 0 fully saturated rings. The SMILES string of the molecule is NC(=O)COc1cc(C(=O)NCc2ccco2)ccc1N. The number of carbonyl (C=O) groups is 2. The lowest BCUT2D eigenvalue weighted by molar-refractivity contribution is -0.119. The number of carbonyl (C=O) groups excluding carboxylic acids is 2. The van der Waals surface area contributed by atoms with Gasteiger partial charge < -0.3 is 25.9 Å². The summed E-state index contributed by atoms with van der Waals surface area (Å²) in [7, 11) is 0. The van der Waals surface area contributed by atoms with E-state index in [9.17, 15) is 9.59 Å². The van der Waals surface area contributed by atoms with Crippen LogP contribution in [0, 0.1) is 0 Å². The van der Waals surface area contributed by atoms with Gasteiger partial charge >= 0.3 is 0 Å². The van der Waals surface area contributed by atoms with Crippen LogP contribution in [0.4, 0.5) is 5.69 Å². The van der Waals surface area contributed by atoms with Gasteiger partial charge in [0.2, 0.25) is 0 Å². The van der Waals surface area contributed by atoms with Crippen LogP contribution in [0.5, 0.6) is 5.75 Å². The number of furan rings is 1. The normalized spacial score (nSPS) is 10.1. The first-order valence-electron chi connectivity index (χ1n) is 6.17. The van der Waals surface area contributed by atoms with Gasteiger partial charge in [-0.05, 0) is 30.3 Å². The van der Waals surface area contributed by atoms with Crippen LogP contribution in [0.3, 0.4) is 0 Å². The Labute approximate surface area is 120 Å². The molecule has 0 radical (unpaired) electrons. The Morgan fingerprint density at radius 3 is 2.76 bits per heavy atom. The smallest absolute Gasteiger partial charge is 0.255 e. The Morgan fingerprint density at radius 2 is 2.10 bits per heavy atom. The van der Waals surface area contributed by atoms with E-state index in [1.165, 1.54) is 18.4 Å². The van der Waals surface area contributed by atoms with Crippen LogP contribution in [0.1, 0.15) is 16.1 Å². The van der Waals surface area contributed by atoms with E-state index >= 15 is 0 Å². The van der Waals surface area contributed by atoms with Crippen LogP contribution < -0.4 is 21.5 Å². The fourth-order valence-electron chi connectivity index (χ4n) is 1.63. The molecular weight excluding hydrogens is 274 g/mol. The zero-order valence-electron chi connectivity index (χ0n) is 11.2. The van der Waals surface area contributed by atoms with E-state index in [0.717, 1.165) is 0 Å². The molecule has 0 saturated heterocycles. The quantitative estimate of drug-likeness (QED) is 0.674. The molecule has 1 aromatic heterocycles. The first kappa shape index (κ1) is 14.4. The monoisotopic (exact) mass is 289 g/mol. The van der Waals surface area contributed by atoms with Crippen molar-refractivity contribution in [2.45, 2.75) is 6.54 Å². The van der Waals surface area contributed by atoms with Crippen LogP contribution in [0.2, 0.25) is 0 Å². The second-order valence-corrected chi connectivity index (χ2v) is 4.27. The number of amides is 2. The number of primary amides is 1. The molecule has 0 atom stereocenters. The molecule has 0 saturated carbocycles. The lowest BCUT2D eigenvalue weighted by Gasteiger charge is -2.09. The highest BCUT2D eigenvalue weighted by Crippen LogP contribution is 2.22. The number of nitrogens with one attached hydrogen (secondary N) is 1. The van der Waals surface area contributed by atoms with Crippen LogP contribution in [-0.2, 0) is 11.3 Å². The van der Waals surface area contributed by atoms with E-state index in [2.05, 4.69) is 5.32 Å². The third-order valence-corrected chi connectivity index (χ3v) is 2.65. The molecule has 1 heterocycles. The van der Waals surface area contributed by atoms with Gasteiger partial charge in [-0.25, -0.2) is 0 Å². The zero-order chi connectivity index (χ0) is 15.2. The second-order valence-electron chi connectivity index (χ2n) is 4.27. The number of hydrogen-bond donors (Lipinski definition) is 3. The standard InChI is InChI=1S/C14H15N3O4/c15-11-4-3-9(6-12(11)21-8-13(16)18)14(19)17-7-10-2-1-5-20-10/h1-6H,7-8,15H2,(H2,16,18)(H,17,19). The lowest BCUT2D eigenvalue weighted by atomic mass is 10.1. The minimum absolute atomic E-state index is 0.236. The minimum Gasteiger partial charge on any atom is -0.482 e. The number of benzene rings is 1. The molecule has 0 spiro atoms. The zero-order valence-corrected chi connectivity index (χ0v) is 11.2. The topological polar surface area (TPSA) is 121 Å². The van der Waals surface area contributed by atoms with E-state index in [1.807, 2.05) is 0 Å². The summed E-state index contributed by atoms with van der Waals surface area (Å²) in [6.45, 7) is -0.0324. The third-order valence-electron chi connectivity index (χ3n) is 2.65. The summed E-state index contributed by atoms with van der Waals surface area (Å²) in [6.07, 6.45) is 1.53.